The average molecular weight is 283 g/mol. The Morgan fingerprint density at radius 1 is 1.24 bits per heavy atom. The quantitative estimate of drug-likeness (QED) is 0.838. The van der Waals surface area contributed by atoms with E-state index in [9.17, 15) is 4.79 Å². The van der Waals surface area contributed by atoms with Crippen LogP contribution in [0.25, 0.3) is 5.70 Å². The molecule has 0 atom stereocenters. The van der Waals surface area contributed by atoms with Crippen LogP contribution >= 0.6 is 0 Å². The molecule has 21 heavy (non-hydrogen) atoms. The highest BCUT2D eigenvalue weighted by molar-refractivity contribution is 6.32. The number of rotatable bonds is 3. The second-order valence-electron chi connectivity index (χ2n) is 5.29. The fourth-order valence-corrected chi connectivity index (χ4v) is 2.51. The average Bonchev–Trinajstić information content (AvgIpc) is 2.47. The van der Waals surface area contributed by atoms with Crippen molar-refractivity contribution in [2.45, 2.75) is 12.8 Å². The molecule has 2 rings (SSSR count). The van der Waals surface area contributed by atoms with Gasteiger partial charge in [0.25, 0.3) is 0 Å². The first-order chi connectivity index (χ1) is 10.0. The first-order valence-electron chi connectivity index (χ1n) is 7.01. The molecule has 0 radical (unpaired) electrons. The van der Waals surface area contributed by atoms with Crippen molar-refractivity contribution in [1.29, 1.82) is 5.41 Å². The van der Waals surface area contributed by atoms with Crippen LogP contribution < -0.4 is 5.32 Å². The monoisotopic (exact) mass is 283 g/mol. The Morgan fingerprint density at radius 2 is 1.90 bits per heavy atom. The Kier molecular flexibility index (Phi) is 4.58. The van der Waals surface area contributed by atoms with E-state index in [1.807, 2.05) is 55.5 Å². The fourth-order valence-electron chi connectivity index (χ4n) is 2.51. The van der Waals surface area contributed by atoms with E-state index < -0.39 is 0 Å². The van der Waals surface area contributed by atoms with E-state index in [1.54, 1.807) is 7.05 Å². The zero-order valence-electron chi connectivity index (χ0n) is 12.7. The molecule has 1 saturated carbocycles. The van der Waals surface area contributed by atoms with Crippen LogP contribution in [-0.4, -0.2) is 37.5 Å². The maximum absolute atomic E-state index is 12.7. The van der Waals surface area contributed by atoms with Gasteiger partial charge >= 0.3 is 0 Å². The molecule has 0 bridgehead atoms. The van der Waals surface area contributed by atoms with Crippen molar-refractivity contribution in [2.24, 2.45) is 0 Å². The standard InChI is InChI=1S/C17H21N3O/c1-19-16(12-7-5-4-6-8-12)15-14(18)10-9-13(17(15)21)11-20(2)3/h4-8,11,18-19H,9-10H2,1-3H3/b13-11+,16-15+,18-14?. The number of carbonyl (C=O) groups excluding carboxylic acids is 1. The number of ketones is 1. The second-order valence-corrected chi connectivity index (χ2v) is 5.29. The predicted molar refractivity (Wildman–Crippen MR) is 86.2 cm³/mol. The Bertz CT molecular complexity index is 612. The number of nitrogens with one attached hydrogen (secondary N) is 2. The van der Waals surface area contributed by atoms with Gasteiger partial charge < -0.3 is 15.6 Å². The van der Waals surface area contributed by atoms with Crippen LogP contribution in [0.15, 0.2) is 47.7 Å². The molecular weight excluding hydrogens is 262 g/mol. The van der Waals surface area contributed by atoms with Crippen LogP contribution in [-0.2, 0) is 4.79 Å². The molecule has 2 N–H and O–H groups in total. The topological polar surface area (TPSA) is 56.2 Å². The predicted octanol–water partition coefficient (Wildman–Crippen LogP) is 2.45. The molecule has 0 heterocycles. The Balaban J connectivity index is 2.54. The minimum absolute atomic E-state index is 0.0480. The third-order valence-electron chi connectivity index (χ3n) is 3.44. The summed E-state index contributed by atoms with van der Waals surface area (Å²) in [5.41, 5.74) is 3.32. The summed E-state index contributed by atoms with van der Waals surface area (Å²) >= 11 is 0. The molecule has 4 heteroatoms. The van der Waals surface area contributed by atoms with Crippen LogP contribution in [0.5, 0.6) is 0 Å². The lowest BCUT2D eigenvalue weighted by Gasteiger charge is -2.22. The van der Waals surface area contributed by atoms with Gasteiger partial charge in [0.2, 0.25) is 0 Å². The number of hydrogen-bond acceptors (Lipinski definition) is 4. The van der Waals surface area contributed by atoms with Gasteiger partial charge in [-0.3, -0.25) is 4.79 Å². The molecule has 0 aromatic heterocycles. The SMILES string of the molecule is CN/C(=C1\C(=N)CC/C(=C\N(C)C)C1=O)c1ccccc1. The molecule has 0 amide bonds. The highest BCUT2D eigenvalue weighted by Gasteiger charge is 2.28. The normalized spacial score (nSPS) is 19.7. The molecule has 4 nitrogen and oxygen atoms in total. The summed E-state index contributed by atoms with van der Waals surface area (Å²) in [6, 6.07) is 9.70. The molecule has 1 fully saturated rings. The zero-order chi connectivity index (χ0) is 15.4. The minimum atomic E-state index is -0.0480. The van der Waals surface area contributed by atoms with E-state index in [2.05, 4.69) is 5.32 Å². The summed E-state index contributed by atoms with van der Waals surface area (Å²) < 4.78 is 0. The summed E-state index contributed by atoms with van der Waals surface area (Å²) in [5, 5.41) is 11.3. The first-order valence-corrected chi connectivity index (χ1v) is 7.01. The summed E-state index contributed by atoms with van der Waals surface area (Å²) in [5.74, 6) is -0.0480. The van der Waals surface area contributed by atoms with Crippen LogP contribution in [0.1, 0.15) is 18.4 Å². The Hall–Kier alpha value is -2.36. The number of carbonyl (C=O) groups is 1. The molecule has 0 saturated heterocycles. The van der Waals surface area contributed by atoms with Crippen LogP contribution in [0.3, 0.4) is 0 Å². The molecule has 1 aliphatic rings. The van der Waals surface area contributed by atoms with Crippen LogP contribution in [0, 0.1) is 5.41 Å². The molecular formula is C17H21N3O. The van der Waals surface area contributed by atoms with Crippen molar-refractivity contribution < 1.29 is 4.79 Å². The largest absolute Gasteiger partial charge is 0.387 e. The summed E-state index contributed by atoms with van der Waals surface area (Å²) in [7, 11) is 5.60. The number of hydrogen-bond donors (Lipinski definition) is 2. The Morgan fingerprint density at radius 3 is 2.48 bits per heavy atom. The molecule has 0 unspecified atom stereocenters. The van der Waals surface area contributed by atoms with Gasteiger partial charge in [-0.25, -0.2) is 0 Å². The van der Waals surface area contributed by atoms with E-state index in [1.165, 1.54) is 0 Å². The lowest BCUT2D eigenvalue weighted by Crippen LogP contribution is -2.26. The molecule has 1 aromatic rings. The van der Waals surface area contributed by atoms with Crippen molar-refractivity contribution in [3.05, 3.63) is 53.2 Å². The van der Waals surface area contributed by atoms with E-state index in [0.717, 1.165) is 16.8 Å². The smallest absolute Gasteiger partial charge is 0.194 e. The number of nitrogens with zero attached hydrogens (tertiary/aromatic N) is 1. The van der Waals surface area contributed by atoms with Gasteiger partial charge in [-0.05, 0) is 18.4 Å². The van der Waals surface area contributed by atoms with E-state index >= 15 is 0 Å². The van der Waals surface area contributed by atoms with Gasteiger partial charge in [0.05, 0.1) is 11.3 Å². The molecule has 1 aliphatic carbocycles. The third-order valence-corrected chi connectivity index (χ3v) is 3.44. The van der Waals surface area contributed by atoms with Gasteiger partial charge in [-0.2, -0.15) is 0 Å². The van der Waals surface area contributed by atoms with Crippen molar-refractivity contribution in [2.75, 3.05) is 21.1 Å². The molecule has 1 aromatic carbocycles. The molecule has 0 aliphatic heterocycles. The second kappa shape index (κ2) is 6.39. The van der Waals surface area contributed by atoms with Gasteiger partial charge in [-0.1, -0.05) is 30.3 Å². The maximum Gasteiger partial charge on any atom is 0.194 e. The Labute approximate surface area is 125 Å². The van der Waals surface area contributed by atoms with Crippen molar-refractivity contribution >= 4 is 17.2 Å². The number of benzene rings is 1. The third kappa shape index (κ3) is 3.21. The van der Waals surface area contributed by atoms with Crippen LogP contribution in [0.4, 0.5) is 0 Å². The first kappa shape index (κ1) is 15.0. The van der Waals surface area contributed by atoms with Crippen molar-refractivity contribution in [3.63, 3.8) is 0 Å². The van der Waals surface area contributed by atoms with Gasteiger partial charge in [0.15, 0.2) is 5.78 Å². The number of Topliss-reactive ketones (excluding diaryl/α,β-unsaturated/α-hetero) is 1. The fraction of sp³-hybridized carbons (Fsp3) is 0.294. The van der Waals surface area contributed by atoms with E-state index in [-0.39, 0.29) is 5.78 Å². The summed E-state index contributed by atoms with van der Waals surface area (Å²) in [4.78, 5) is 14.6. The van der Waals surface area contributed by atoms with Gasteiger partial charge in [0, 0.05) is 38.6 Å². The van der Waals surface area contributed by atoms with Crippen molar-refractivity contribution in [3.8, 4) is 0 Å². The molecule has 0 spiro atoms. The highest BCUT2D eigenvalue weighted by Crippen LogP contribution is 2.27. The molecule has 110 valence electrons. The highest BCUT2D eigenvalue weighted by atomic mass is 16.1. The van der Waals surface area contributed by atoms with E-state index in [0.29, 0.717) is 24.1 Å². The summed E-state index contributed by atoms with van der Waals surface area (Å²) in [6.45, 7) is 0. The van der Waals surface area contributed by atoms with Crippen molar-refractivity contribution in [1.82, 2.24) is 10.2 Å². The van der Waals surface area contributed by atoms with E-state index in [4.69, 9.17) is 5.41 Å². The minimum Gasteiger partial charge on any atom is -0.387 e. The van der Waals surface area contributed by atoms with Gasteiger partial charge in [-0.15, -0.1) is 0 Å². The zero-order valence-corrected chi connectivity index (χ0v) is 12.7. The van der Waals surface area contributed by atoms with Crippen LogP contribution in [0.2, 0.25) is 0 Å². The number of allylic oxidation sites excluding steroid dienone is 2. The van der Waals surface area contributed by atoms with Gasteiger partial charge in [0.1, 0.15) is 0 Å². The summed E-state index contributed by atoms with van der Waals surface area (Å²) in [6.07, 6.45) is 3.08. The lowest BCUT2D eigenvalue weighted by atomic mass is 9.85. The maximum atomic E-state index is 12.7. The lowest BCUT2D eigenvalue weighted by molar-refractivity contribution is -0.112.